The number of nitrogens with one attached hydrogen (secondary N) is 1. The van der Waals surface area contributed by atoms with E-state index in [-0.39, 0.29) is 11.6 Å². The van der Waals surface area contributed by atoms with Gasteiger partial charge in [0.2, 0.25) is 5.13 Å². The fourth-order valence-electron chi connectivity index (χ4n) is 2.96. The maximum Gasteiger partial charge on any atom is 0.205 e. The zero-order valence-corrected chi connectivity index (χ0v) is 16.7. The van der Waals surface area contributed by atoms with Gasteiger partial charge in [-0.3, -0.25) is 4.99 Å². The molecule has 0 atom stereocenters. The molecule has 2 aromatic rings. The van der Waals surface area contributed by atoms with Crippen LogP contribution in [0.5, 0.6) is 5.75 Å². The fourth-order valence-corrected chi connectivity index (χ4v) is 3.76. The van der Waals surface area contributed by atoms with Crippen LogP contribution in [0, 0.1) is 5.82 Å². The molecule has 3 rings (SSSR count). The molecule has 1 saturated heterocycles. The SMILES string of the molecule is CCc1nsc(N2CCN(C(=NC)NCc3ccc(OC)c(F)c3)CC2)n1. The Bertz CT molecular complexity index is 788. The fraction of sp³-hybridized carbons (Fsp3) is 0.500. The van der Waals surface area contributed by atoms with Crippen molar-refractivity contribution in [2.75, 3.05) is 45.2 Å². The number of aliphatic imine (C=N–C) groups is 1. The zero-order valence-electron chi connectivity index (χ0n) is 15.9. The number of halogens is 1. The zero-order chi connectivity index (χ0) is 19.2. The van der Waals surface area contributed by atoms with Crippen molar-refractivity contribution in [1.82, 2.24) is 19.6 Å². The van der Waals surface area contributed by atoms with E-state index in [0.29, 0.717) is 6.54 Å². The number of methoxy groups -OCH3 is 1. The summed E-state index contributed by atoms with van der Waals surface area (Å²) >= 11 is 1.46. The predicted octanol–water partition coefficient (Wildman–Crippen LogP) is 2.15. The average Bonchev–Trinajstić information content (AvgIpc) is 3.18. The topological polar surface area (TPSA) is 65.9 Å². The highest BCUT2D eigenvalue weighted by Crippen LogP contribution is 2.20. The summed E-state index contributed by atoms with van der Waals surface area (Å²) < 4.78 is 23.2. The van der Waals surface area contributed by atoms with E-state index >= 15 is 0 Å². The number of piperazine rings is 1. The first-order valence-electron chi connectivity index (χ1n) is 9.00. The van der Waals surface area contributed by atoms with Gasteiger partial charge < -0.3 is 19.9 Å². The second kappa shape index (κ2) is 8.98. The Balaban J connectivity index is 1.53. The molecule has 1 N–H and O–H groups in total. The van der Waals surface area contributed by atoms with E-state index in [0.717, 1.165) is 55.1 Å². The van der Waals surface area contributed by atoms with E-state index in [1.165, 1.54) is 24.7 Å². The van der Waals surface area contributed by atoms with Gasteiger partial charge in [-0.05, 0) is 17.7 Å². The third-order valence-electron chi connectivity index (χ3n) is 4.50. The van der Waals surface area contributed by atoms with Crippen LogP contribution in [0.15, 0.2) is 23.2 Å². The van der Waals surface area contributed by atoms with Crippen LogP contribution in [0.1, 0.15) is 18.3 Å². The first-order chi connectivity index (χ1) is 13.1. The van der Waals surface area contributed by atoms with Crippen molar-refractivity contribution in [3.05, 3.63) is 35.4 Å². The van der Waals surface area contributed by atoms with Crippen LogP contribution in [0.25, 0.3) is 0 Å². The Morgan fingerprint density at radius 1 is 1.33 bits per heavy atom. The Morgan fingerprint density at radius 2 is 2.11 bits per heavy atom. The minimum Gasteiger partial charge on any atom is -0.494 e. The highest BCUT2D eigenvalue weighted by atomic mass is 32.1. The molecular weight excluding hydrogens is 367 g/mol. The molecule has 0 radical (unpaired) electrons. The lowest BCUT2D eigenvalue weighted by molar-refractivity contribution is 0.372. The van der Waals surface area contributed by atoms with Crippen LogP contribution in [-0.4, -0.2) is 60.6 Å². The highest BCUT2D eigenvalue weighted by Gasteiger charge is 2.22. The number of nitrogens with zero attached hydrogens (tertiary/aromatic N) is 5. The molecule has 1 aromatic heterocycles. The molecule has 7 nitrogen and oxygen atoms in total. The minimum absolute atomic E-state index is 0.252. The van der Waals surface area contributed by atoms with Crippen LogP contribution < -0.4 is 15.0 Å². The number of anilines is 1. The van der Waals surface area contributed by atoms with Crippen LogP contribution in [0.4, 0.5) is 9.52 Å². The van der Waals surface area contributed by atoms with Crippen molar-refractivity contribution >= 4 is 22.6 Å². The molecule has 0 bridgehead atoms. The predicted molar refractivity (Wildman–Crippen MR) is 106 cm³/mol. The van der Waals surface area contributed by atoms with Crippen molar-refractivity contribution in [3.8, 4) is 5.75 Å². The lowest BCUT2D eigenvalue weighted by atomic mass is 10.2. The molecule has 1 aliphatic heterocycles. The first-order valence-corrected chi connectivity index (χ1v) is 9.77. The summed E-state index contributed by atoms with van der Waals surface area (Å²) in [6, 6.07) is 4.97. The number of benzene rings is 1. The van der Waals surface area contributed by atoms with Gasteiger partial charge in [0.05, 0.1) is 7.11 Å². The highest BCUT2D eigenvalue weighted by molar-refractivity contribution is 7.09. The summed E-state index contributed by atoms with van der Waals surface area (Å²) in [6.07, 6.45) is 0.860. The molecule has 27 heavy (non-hydrogen) atoms. The monoisotopic (exact) mass is 392 g/mol. The van der Waals surface area contributed by atoms with Crippen LogP contribution in [-0.2, 0) is 13.0 Å². The third-order valence-corrected chi connectivity index (χ3v) is 5.32. The number of aryl methyl sites for hydroxylation is 1. The number of rotatable bonds is 5. The summed E-state index contributed by atoms with van der Waals surface area (Å²) in [5, 5.41) is 4.30. The lowest BCUT2D eigenvalue weighted by Crippen LogP contribution is -2.52. The quantitative estimate of drug-likeness (QED) is 0.621. The van der Waals surface area contributed by atoms with E-state index in [9.17, 15) is 4.39 Å². The van der Waals surface area contributed by atoms with Crippen molar-refractivity contribution in [2.45, 2.75) is 19.9 Å². The maximum absolute atomic E-state index is 13.8. The van der Waals surface area contributed by atoms with Gasteiger partial charge in [0.25, 0.3) is 0 Å². The van der Waals surface area contributed by atoms with Gasteiger partial charge in [0.15, 0.2) is 17.5 Å². The molecule has 1 aromatic carbocycles. The standard InChI is InChI=1S/C18H25FN6OS/c1-4-16-22-18(27-23-16)25-9-7-24(8-10-25)17(20-2)21-12-13-5-6-15(26-3)14(19)11-13/h5-6,11H,4,7-10,12H2,1-3H3,(H,20,21). The molecule has 0 aliphatic carbocycles. The molecule has 2 heterocycles. The lowest BCUT2D eigenvalue weighted by Gasteiger charge is -2.36. The average molecular weight is 393 g/mol. The van der Waals surface area contributed by atoms with Gasteiger partial charge in [-0.15, -0.1) is 0 Å². The van der Waals surface area contributed by atoms with Gasteiger partial charge in [-0.1, -0.05) is 13.0 Å². The molecule has 0 saturated carbocycles. The van der Waals surface area contributed by atoms with Crippen LogP contribution in [0.2, 0.25) is 0 Å². The molecule has 1 fully saturated rings. The van der Waals surface area contributed by atoms with Crippen molar-refractivity contribution < 1.29 is 9.13 Å². The Morgan fingerprint density at radius 3 is 2.70 bits per heavy atom. The van der Waals surface area contributed by atoms with Gasteiger partial charge >= 0.3 is 0 Å². The van der Waals surface area contributed by atoms with Crippen molar-refractivity contribution in [2.24, 2.45) is 4.99 Å². The number of hydrogen-bond acceptors (Lipinski definition) is 6. The smallest absolute Gasteiger partial charge is 0.205 e. The van der Waals surface area contributed by atoms with Crippen molar-refractivity contribution in [3.63, 3.8) is 0 Å². The molecule has 0 spiro atoms. The Hall–Kier alpha value is -2.42. The molecule has 9 heteroatoms. The Kier molecular flexibility index (Phi) is 6.44. The number of ether oxygens (including phenoxy) is 1. The van der Waals surface area contributed by atoms with E-state index in [4.69, 9.17) is 4.74 Å². The van der Waals surface area contributed by atoms with Gasteiger partial charge in [0, 0.05) is 57.7 Å². The largest absolute Gasteiger partial charge is 0.494 e. The van der Waals surface area contributed by atoms with E-state index < -0.39 is 0 Å². The normalized spacial score (nSPS) is 15.2. The maximum atomic E-state index is 13.8. The Labute approximate surface area is 163 Å². The van der Waals surface area contributed by atoms with Gasteiger partial charge in [0.1, 0.15) is 5.82 Å². The van der Waals surface area contributed by atoms with Crippen molar-refractivity contribution in [1.29, 1.82) is 0 Å². The summed E-state index contributed by atoms with van der Waals surface area (Å²) in [7, 11) is 3.23. The second-order valence-electron chi connectivity index (χ2n) is 6.19. The van der Waals surface area contributed by atoms with E-state index in [1.54, 1.807) is 13.1 Å². The summed E-state index contributed by atoms with van der Waals surface area (Å²) in [5.74, 6) is 1.62. The summed E-state index contributed by atoms with van der Waals surface area (Å²) in [5.41, 5.74) is 0.842. The van der Waals surface area contributed by atoms with Crippen LogP contribution in [0.3, 0.4) is 0 Å². The number of aromatic nitrogens is 2. The van der Waals surface area contributed by atoms with Gasteiger partial charge in [-0.25, -0.2) is 9.37 Å². The first kappa shape index (κ1) is 19.3. The molecule has 0 unspecified atom stereocenters. The third kappa shape index (κ3) is 4.65. The van der Waals surface area contributed by atoms with E-state index in [2.05, 4.69) is 36.4 Å². The molecule has 146 valence electrons. The molecular formula is C18H25FN6OS. The molecule has 0 amide bonds. The van der Waals surface area contributed by atoms with E-state index in [1.807, 2.05) is 6.07 Å². The minimum atomic E-state index is -0.357. The van der Waals surface area contributed by atoms with Crippen LogP contribution >= 0.6 is 11.5 Å². The number of hydrogen-bond donors (Lipinski definition) is 1. The molecule has 1 aliphatic rings. The summed E-state index contributed by atoms with van der Waals surface area (Å²) in [6.45, 7) is 6.00. The van der Waals surface area contributed by atoms with Gasteiger partial charge in [-0.2, -0.15) is 4.37 Å². The summed E-state index contributed by atoms with van der Waals surface area (Å²) in [4.78, 5) is 13.4. The second-order valence-corrected chi connectivity index (χ2v) is 6.92. The number of guanidine groups is 1.